The number of urea groups is 1. The molecule has 1 atom stereocenters. The van der Waals surface area contributed by atoms with E-state index in [9.17, 15) is 13.2 Å². The molecule has 2 N–H and O–H groups in total. The van der Waals surface area contributed by atoms with Crippen molar-refractivity contribution in [1.82, 2.24) is 19.4 Å². The molecule has 2 aromatic heterocycles. The largest absolute Gasteiger partial charge is 0.329 e. The van der Waals surface area contributed by atoms with Crippen LogP contribution in [0.2, 0.25) is 0 Å². The van der Waals surface area contributed by atoms with Gasteiger partial charge in [0.1, 0.15) is 5.82 Å². The zero-order valence-electron chi connectivity index (χ0n) is 14.3. The van der Waals surface area contributed by atoms with Crippen molar-refractivity contribution in [2.45, 2.75) is 37.8 Å². The molecule has 8 nitrogen and oxygen atoms in total. The lowest BCUT2D eigenvalue weighted by Gasteiger charge is -2.29. The summed E-state index contributed by atoms with van der Waals surface area (Å²) in [5, 5.41) is 11.8. The van der Waals surface area contributed by atoms with E-state index in [-0.39, 0.29) is 23.5 Å². The Hall–Kier alpha value is -1.91. The number of nitrogens with zero attached hydrogens (tertiary/aromatic N) is 3. The van der Waals surface area contributed by atoms with E-state index in [0.717, 1.165) is 12.1 Å². The number of thiophene rings is 1. The van der Waals surface area contributed by atoms with Crippen LogP contribution in [0, 0.1) is 6.92 Å². The first kappa shape index (κ1) is 17.9. The first-order chi connectivity index (χ1) is 11.8. The molecule has 3 heterocycles. The van der Waals surface area contributed by atoms with E-state index in [0.29, 0.717) is 17.2 Å². The molecule has 1 aliphatic heterocycles. The highest BCUT2D eigenvalue weighted by Gasteiger charge is 2.36. The van der Waals surface area contributed by atoms with Gasteiger partial charge >= 0.3 is 6.03 Å². The molecule has 2 amide bonds. The summed E-state index contributed by atoms with van der Waals surface area (Å²) < 4.78 is 27.6. The number of carbonyl (C=O) groups excluding carboxylic acids is 1. The smallest absolute Gasteiger partial charge is 0.320 e. The van der Waals surface area contributed by atoms with E-state index < -0.39 is 10.0 Å². The molecule has 10 heteroatoms. The molecule has 3 rings (SSSR count). The van der Waals surface area contributed by atoms with Gasteiger partial charge in [0, 0.05) is 31.1 Å². The average Bonchev–Trinajstić information content (AvgIpc) is 3.13. The Labute approximate surface area is 150 Å². The summed E-state index contributed by atoms with van der Waals surface area (Å²) in [6, 6.07) is 2.63. The summed E-state index contributed by atoms with van der Waals surface area (Å²) in [6.07, 6.45) is 0.904. The molecule has 0 saturated heterocycles. The zero-order valence-corrected chi connectivity index (χ0v) is 15.9. The van der Waals surface area contributed by atoms with Gasteiger partial charge in [0.25, 0.3) is 0 Å². The van der Waals surface area contributed by atoms with Gasteiger partial charge < -0.3 is 5.32 Å². The molecule has 25 heavy (non-hydrogen) atoms. The van der Waals surface area contributed by atoms with E-state index in [1.807, 2.05) is 19.9 Å². The van der Waals surface area contributed by atoms with Gasteiger partial charge in [-0.1, -0.05) is 6.92 Å². The highest BCUT2D eigenvalue weighted by atomic mass is 32.2. The second kappa shape index (κ2) is 6.77. The van der Waals surface area contributed by atoms with Crippen LogP contribution < -0.4 is 10.6 Å². The molecule has 0 aromatic carbocycles. The minimum absolute atomic E-state index is 0.205. The van der Waals surface area contributed by atoms with Crippen LogP contribution in [-0.2, 0) is 16.6 Å². The lowest BCUT2D eigenvalue weighted by Crippen LogP contribution is -2.44. The average molecular weight is 383 g/mol. The summed E-state index contributed by atoms with van der Waals surface area (Å²) >= 11 is 1.34. The number of likely N-dealkylation sites (N-methyl/N-ethyl adjacent to an activating group) is 1. The minimum Gasteiger partial charge on any atom is -0.329 e. The Kier molecular flexibility index (Phi) is 4.85. The predicted octanol–water partition coefficient (Wildman–Crippen LogP) is 2.16. The first-order valence-electron chi connectivity index (χ1n) is 7.98. The maximum absolute atomic E-state index is 12.4. The Bertz CT molecular complexity index is 887. The third-order valence-corrected chi connectivity index (χ3v) is 7.03. The van der Waals surface area contributed by atoms with Crippen LogP contribution in [0.3, 0.4) is 0 Å². The van der Waals surface area contributed by atoms with Gasteiger partial charge in [0.2, 0.25) is 10.0 Å². The molecule has 0 aliphatic carbocycles. The molecule has 0 fully saturated rings. The molecular weight excluding hydrogens is 362 g/mol. The summed E-state index contributed by atoms with van der Waals surface area (Å²) in [5.41, 5.74) is 0.827. The van der Waals surface area contributed by atoms with E-state index in [1.54, 1.807) is 16.1 Å². The van der Waals surface area contributed by atoms with E-state index in [2.05, 4.69) is 15.7 Å². The van der Waals surface area contributed by atoms with Crippen LogP contribution >= 0.6 is 11.3 Å². The van der Waals surface area contributed by atoms with Crippen LogP contribution in [-0.4, -0.2) is 42.1 Å². The van der Waals surface area contributed by atoms with Gasteiger partial charge in [-0.25, -0.2) is 17.9 Å². The lowest BCUT2D eigenvalue weighted by atomic mass is 10.2. The minimum atomic E-state index is -3.46. The number of carbonyl (C=O) groups is 1. The van der Waals surface area contributed by atoms with Crippen LogP contribution in [0.4, 0.5) is 10.6 Å². The maximum atomic E-state index is 12.4. The van der Waals surface area contributed by atoms with Crippen molar-refractivity contribution in [1.29, 1.82) is 0 Å². The summed E-state index contributed by atoms with van der Waals surface area (Å²) in [4.78, 5) is 13.3. The van der Waals surface area contributed by atoms with Crippen LogP contribution in [0.25, 0.3) is 0 Å². The van der Waals surface area contributed by atoms with E-state index in [4.69, 9.17) is 0 Å². The Morgan fingerprint density at radius 2 is 2.24 bits per heavy atom. The molecule has 1 aliphatic rings. The lowest BCUT2D eigenvalue weighted by molar-refractivity contribution is 0.245. The number of nitrogens with one attached hydrogen (secondary N) is 2. The SMILES string of the molecule is CCCn1nc(C)cc1NC(=O)NC1CN(C)S(=O)(=O)c2ccsc21. The molecular formula is C15H21N5O3S2. The number of amides is 2. The standard InChI is InChI=1S/C15H21N5O3S2/c1-4-6-20-13(8-10(2)18-20)17-15(21)16-11-9-19(3)25(22,23)12-5-7-24-14(11)12/h5,7-8,11H,4,6,9H2,1-3H3,(H2,16,17,21). The van der Waals surface area contributed by atoms with Crippen molar-refractivity contribution >= 4 is 33.2 Å². The molecule has 0 bridgehead atoms. The van der Waals surface area contributed by atoms with Crippen LogP contribution in [0.1, 0.15) is 30.0 Å². The van der Waals surface area contributed by atoms with Crippen molar-refractivity contribution in [2.24, 2.45) is 0 Å². The van der Waals surface area contributed by atoms with Crippen molar-refractivity contribution in [2.75, 3.05) is 18.9 Å². The van der Waals surface area contributed by atoms with E-state index >= 15 is 0 Å². The molecule has 0 saturated carbocycles. The normalized spacial score (nSPS) is 19.4. The fourth-order valence-electron chi connectivity index (χ4n) is 2.83. The molecule has 1 unspecified atom stereocenters. The van der Waals surface area contributed by atoms with Crippen molar-refractivity contribution < 1.29 is 13.2 Å². The Morgan fingerprint density at radius 3 is 2.96 bits per heavy atom. The number of rotatable bonds is 4. The van der Waals surface area contributed by atoms with Gasteiger partial charge in [-0.15, -0.1) is 11.3 Å². The monoisotopic (exact) mass is 383 g/mol. The summed E-state index contributed by atoms with van der Waals surface area (Å²) in [6.45, 7) is 4.82. The third kappa shape index (κ3) is 3.42. The maximum Gasteiger partial charge on any atom is 0.320 e. The van der Waals surface area contributed by atoms with Gasteiger partial charge in [0.05, 0.1) is 16.6 Å². The number of hydrogen-bond acceptors (Lipinski definition) is 5. The molecule has 0 spiro atoms. The van der Waals surface area contributed by atoms with Crippen LogP contribution in [0.5, 0.6) is 0 Å². The van der Waals surface area contributed by atoms with Crippen LogP contribution in [0.15, 0.2) is 22.4 Å². The number of hydrogen-bond donors (Lipinski definition) is 2. The van der Waals surface area contributed by atoms with E-state index in [1.165, 1.54) is 22.7 Å². The number of sulfonamides is 1. The van der Waals surface area contributed by atoms with Gasteiger partial charge in [-0.05, 0) is 24.8 Å². The molecule has 0 radical (unpaired) electrons. The highest BCUT2D eigenvalue weighted by Crippen LogP contribution is 2.35. The van der Waals surface area contributed by atoms with Gasteiger partial charge in [0.15, 0.2) is 0 Å². The van der Waals surface area contributed by atoms with Crippen molar-refractivity contribution in [3.8, 4) is 0 Å². The zero-order chi connectivity index (χ0) is 18.2. The number of aromatic nitrogens is 2. The quantitative estimate of drug-likeness (QED) is 0.846. The fourth-order valence-corrected chi connectivity index (χ4v) is 5.53. The third-order valence-electron chi connectivity index (χ3n) is 3.99. The van der Waals surface area contributed by atoms with Crippen molar-refractivity contribution in [3.05, 3.63) is 28.1 Å². The fraction of sp³-hybridized carbons (Fsp3) is 0.467. The second-order valence-corrected chi connectivity index (χ2v) is 8.94. The number of fused-ring (bicyclic) bond motifs is 1. The number of anilines is 1. The number of aryl methyl sites for hydroxylation is 2. The first-order valence-corrected chi connectivity index (χ1v) is 10.3. The molecule has 136 valence electrons. The van der Waals surface area contributed by atoms with Gasteiger partial charge in [-0.3, -0.25) is 5.32 Å². The Morgan fingerprint density at radius 1 is 1.48 bits per heavy atom. The predicted molar refractivity (Wildman–Crippen MR) is 96.3 cm³/mol. The topological polar surface area (TPSA) is 96.3 Å². The van der Waals surface area contributed by atoms with Crippen molar-refractivity contribution in [3.63, 3.8) is 0 Å². The highest BCUT2D eigenvalue weighted by molar-refractivity contribution is 7.89. The Balaban J connectivity index is 1.76. The summed E-state index contributed by atoms with van der Waals surface area (Å²) in [5.74, 6) is 0.625. The summed E-state index contributed by atoms with van der Waals surface area (Å²) in [7, 11) is -1.94. The van der Waals surface area contributed by atoms with Gasteiger partial charge in [-0.2, -0.15) is 9.40 Å². The molecule has 2 aromatic rings. The second-order valence-electron chi connectivity index (χ2n) is 5.98.